The van der Waals surface area contributed by atoms with Crippen LogP contribution in [0.3, 0.4) is 0 Å². The van der Waals surface area contributed by atoms with Crippen LogP contribution in [0.5, 0.6) is 0 Å². The van der Waals surface area contributed by atoms with Gasteiger partial charge < -0.3 is 11.1 Å². The van der Waals surface area contributed by atoms with Crippen LogP contribution in [0.15, 0.2) is 42.5 Å². The van der Waals surface area contributed by atoms with E-state index < -0.39 is 11.7 Å². The maximum absolute atomic E-state index is 13.4. The van der Waals surface area contributed by atoms with Crippen molar-refractivity contribution in [1.82, 2.24) is 0 Å². The molecule has 0 aliphatic rings. The van der Waals surface area contributed by atoms with Crippen molar-refractivity contribution in [3.63, 3.8) is 0 Å². The fraction of sp³-hybridized carbons (Fsp3) is 0.125. The SMILES string of the molecule is NC(=O)c1cc(NC(=O)CSCc2cccc(Cl)c2)ccc1F. The number of rotatable bonds is 6. The molecule has 120 valence electrons. The van der Waals surface area contributed by atoms with Gasteiger partial charge in [0.05, 0.1) is 11.3 Å². The number of benzene rings is 2. The molecule has 0 saturated heterocycles. The first kappa shape index (κ1) is 17.3. The van der Waals surface area contributed by atoms with Crippen LogP contribution < -0.4 is 11.1 Å². The van der Waals surface area contributed by atoms with E-state index in [2.05, 4.69) is 5.32 Å². The van der Waals surface area contributed by atoms with E-state index in [4.69, 9.17) is 17.3 Å². The maximum Gasteiger partial charge on any atom is 0.251 e. The minimum absolute atomic E-state index is 0.218. The number of hydrogen-bond donors (Lipinski definition) is 2. The Morgan fingerprint density at radius 1 is 1.22 bits per heavy atom. The van der Waals surface area contributed by atoms with Crippen molar-refractivity contribution >= 4 is 40.9 Å². The van der Waals surface area contributed by atoms with Gasteiger partial charge in [0.25, 0.3) is 5.91 Å². The van der Waals surface area contributed by atoms with E-state index >= 15 is 0 Å². The zero-order valence-electron chi connectivity index (χ0n) is 12.0. The van der Waals surface area contributed by atoms with Crippen molar-refractivity contribution in [3.8, 4) is 0 Å². The average molecular weight is 353 g/mol. The molecule has 0 saturated carbocycles. The van der Waals surface area contributed by atoms with Crippen LogP contribution in [0.1, 0.15) is 15.9 Å². The van der Waals surface area contributed by atoms with Gasteiger partial charge in [-0.3, -0.25) is 9.59 Å². The van der Waals surface area contributed by atoms with Gasteiger partial charge in [-0.25, -0.2) is 4.39 Å². The monoisotopic (exact) mass is 352 g/mol. The van der Waals surface area contributed by atoms with Gasteiger partial charge >= 0.3 is 0 Å². The minimum Gasteiger partial charge on any atom is -0.366 e. The lowest BCUT2D eigenvalue weighted by molar-refractivity contribution is -0.113. The van der Waals surface area contributed by atoms with Gasteiger partial charge in [-0.05, 0) is 35.9 Å². The second-order valence-corrected chi connectivity index (χ2v) is 6.15. The number of halogens is 2. The minimum atomic E-state index is -0.881. The highest BCUT2D eigenvalue weighted by Crippen LogP contribution is 2.18. The summed E-state index contributed by atoms with van der Waals surface area (Å²) in [4.78, 5) is 22.9. The first-order valence-corrected chi connectivity index (χ1v) is 8.20. The summed E-state index contributed by atoms with van der Waals surface area (Å²) >= 11 is 7.31. The summed E-state index contributed by atoms with van der Waals surface area (Å²) in [6, 6.07) is 11.1. The van der Waals surface area contributed by atoms with E-state index in [0.29, 0.717) is 16.5 Å². The number of carbonyl (C=O) groups excluding carboxylic acids is 2. The lowest BCUT2D eigenvalue weighted by atomic mass is 10.2. The molecule has 0 radical (unpaired) electrons. The normalized spacial score (nSPS) is 10.3. The standard InChI is InChI=1S/C16H14ClFN2O2S/c17-11-3-1-2-10(6-11)8-23-9-15(21)20-12-4-5-14(18)13(7-12)16(19)22/h1-7H,8-9H2,(H2,19,22)(H,20,21). The van der Waals surface area contributed by atoms with Crippen molar-refractivity contribution in [2.45, 2.75) is 5.75 Å². The quantitative estimate of drug-likeness (QED) is 0.836. The summed E-state index contributed by atoms with van der Waals surface area (Å²) in [5, 5.41) is 3.25. The van der Waals surface area contributed by atoms with E-state index in [1.807, 2.05) is 18.2 Å². The van der Waals surface area contributed by atoms with Crippen molar-refractivity contribution in [2.24, 2.45) is 5.73 Å². The first-order valence-electron chi connectivity index (χ1n) is 6.67. The van der Waals surface area contributed by atoms with Crippen molar-refractivity contribution in [1.29, 1.82) is 0 Å². The van der Waals surface area contributed by atoms with Gasteiger partial charge in [0.15, 0.2) is 0 Å². The van der Waals surface area contributed by atoms with Gasteiger partial charge in [-0.15, -0.1) is 11.8 Å². The molecule has 3 N–H and O–H groups in total. The van der Waals surface area contributed by atoms with Gasteiger partial charge in [0.2, 0.25) is 5.91 Å². The first-order chi connectivity index (χ1) is 11.0. The third-order valence-corrected chi connectivity index (χ3v) is 4.15. The van der Waals surface area contributed by atoms with Crippen molar-refractivity contribution in [2.75, 3.05) is 11.1 Å². The Hall–Kier alpha value is -2.05. The fourth-order valence-corrected chi connectivity index (χ4v) is 2.87. The molecule has 7 heteroatoms. The molecule has 0 unspecified atom stereocenters. The smallest absolute Gasteiger partial charge is 0.251 e. The average Bonchev–Trinajstić information content (AvgIpc) is 2.49. The van der Waals surface area contributed by atoms with Gasteiger partial charge in [-0.2, -0.15) is 0 Å². The predicted molar refractivity (Wildman–Crippen MR) is 91.2 cm³/mol. The summed E-state index contributed by atoms with van der Waals surface area (Å²) in [5.41, 5.74) is 6.16. The molecule has 2 rings (SSSR count). The topological polar surface area (TPSA) is 72.2 Å². The Kier molecular flexibility index (Phi) is 6.01. The Morgan fingerprint density at radius 3 is 2.70 bits per heavy atom. The fourth-order valence-electron chi connectivity index (χ4n) is 1.88. The number of carbonyl (C=O) groups is 2. The Labute approximate surface area is 142 Å². The van der Waals surface area contributed by atoms with E-state index in [1.165, 1.54) is 23.9 Å². The molecule has 2 aromatic carbocycles. The third kappa shape index (κ3) is 5.26. The van der Waals surface area contributed by atoms with Gasteiger partial charge in [0, 0.05) is 16.5 Å². The van der Waals surface area contributed by atoms with Gasteiger partial charge in [-0.1, -0.05) is 23.7 Å². The van der Waals surface area contributed by atoms with Crippen LogP contribution in [0.25, 0.3) is 0 Å². The Morgan fingerprint density at radius 2 is 2.00 bits per heavy atom. The number of nitrogens with one attached hydrogen (secondary N) is 1. The van der Waals surface area contributed by atoms with E-state index in [1.54, 1.807) is 6.07 Å². The molecule has 2 amide bonds. The van der Waals surface area contributed by atoms with Gasteiger partial charge in [0.1, 0.15) is 5.82 Å². The summed E-state index contributed by atoms with van der Waals surface area (Å²) in [6.07, 6.45) is 0. The molecule has 4 nitrogen and oxygen atoms in total. The highest BCUT2D eigenvalue weighted by atomic mass is 35.5. The third-order valence-electron chi connectivity index (χ3n) is 2.91. The lowest BCUT2D eigenvalue weighted by Gasteiger charge is -2.07. The highest BCUT2D eigenvalue weighted by Gasteiger charge is 2.10. The number of amides is 2. The molecular weight excluding hydrogens is 339 g/mol. The van der Waals surface area contributed by atoms with Crippen molar-refractivity contribution < 1.29 is 14.0 Å². The molecule has 0 heterocycles. The zero-order valence-corrected chi connectivity index (χ0v) is 13.6. The molecule has 0 spiro atoms. The number of primary amides is 1. The number of nitrogens with two attached hydrogens (primary N) is 1. The number of anilines is 1. The predicted octanol–water partition coefficient (Wildman–Crippen LogP) is 3.45. The van der Waals surface area contributed by atoms with E-state index in [0.717, 1.165) is 11.6 Å². The van der Waals surface area contributed by atoms with Crippen LogP contribution in [0.2, 0.25) is 5.02 Å². The van der Waals surface area contributed by atoms with Crippen LogP contribution in [-0.4, -0.2) is 17.6 Å². The van der Waals surface area contributed by atoms with Crippen LogP contribution in [-0.2, 0) is 10.5 Å². The molecule has 23 heavy (non-hydrogen) atoms. The summed E-state index contributed by atoms with van der Waals surface area (Å²) in [6.45, 7) is 0. The molecule has 0 aliphatic carbocycles. The Balaban J connectivity index is 1.87. The number of thioether (sulfide) groups is 1. The second-order valence-electron chi connectivity index (χ2n) is 4.73. The van der Waals surface area contributed by atoms with Crippen LogP contribution in [0, 0.1) is 5.82 Å². The Bertz CT molecular complexity index is 740. The largest absolute Gasteiger partial charge is 0.366 e. The molecule has 2 aromatic rings. The maximum atomic E-state index is 13.4. The van der Waals surface area contributed by atoms with Crippen molar-refractivity contribution in [3.05, 3.63) is 64.4 Å². The molecule has 0 atom stereocenters. The molecule has 0 aromatic heterocycles. The summed E-state index contributed by atoms with van der Waals surface area (Å²) in [7, 11) is 0. The van der Waals surface area contributed by atoms with E-state index in [9.17, 15) is 14.0 Å². The summed E-state index contributed by atoms with van der Waals surface area (Å²) < 4.78 is 13.4. The molecular formula is C16H14ClFN2O2S. The lowest BCUT2D eigenvalue weighted by Crippen LogP contribution is -2.17. The van der Waals surface area contributed by atoms with Crippen LogP contribution in [0.4, 0.5) is 10.1 Å². The van der Waals surface area contributed by atoms with E-state index in [-0.39, 0.29) is 17.2 Å². The molecule has 0 fully saturated rings. The molecule has 0 aliphatic heterocycles. The second kappa shape index (κ2) is 7.99. The van der Waals surface area contributed by atoms with Crippen LogP contribution >= 0.6 is 23.4 Å². The highest BCUT2D eigenvalue weighted by molar-refractivity contribution is 7.99. The molecule has 0 bridgehead atoms. The zero-order chi connectivity index (χ0) is 16.8. The summed E-state index contributed by atoms with van der Waals surface area (Å²) in [5.74, 6) is -0.987. The number of hydrogen-bond acceptors (Lipinski definition) is 3.